The van der Waals surface area contributed by atoms with Crippen LogP contribution in [0, 0.1) is 0 Å². The standard InChI is InChI=1S/C14H20N2O3/c1-16-7-5-10(6-8-16)19-11-3-4-13(15)12(9-11)14(17)18-2/h3-4,9-10H,5-8,15H2,1-2H3. The molecule has 0 atom stereocenters. The van der Waals surface area contributed by atoms with Crippen LogP contribution in [0.25, 0.3) is 0 Å². The summed E-state index contributed by atoms with van der Waals surface area (Å²) in [4.78, 5) is 13.8. The summed E-state index contributed by atoms with van der Waals surface area (Å²) in [7, 11) is 3.45. The van der Waals surface area contributed by atoms with E-state index in [1.807, 2.05) is 0 Å². The fraction of sp³-hybridized carbons (Fsp3) is 0.500. The van der Waals surface area contributed by atoms with E-state index in [1.165, 1.54) is 7.11 Å². The van der Waals surface area contributed by atoms with E-state index in [-0.39, 0.29) is 6.10 Å². The number of rotatable bonds is 3. The van der Waals surface area contributed by atoms with E-state index in [1.54, 1.807) is 18.2 Å². The van der Waals surface area contributed by atoms with E-state index in [0.29, 0.717) is 17.0 Å². The van der Waals surface area contributed by atoms with Crippen LogP contribution in [0.4, 0.5) is 5.69 Å². The van der Waals surface area contributed by atoms with Crippen molar-refractivity contribution in [1.29, 1.82) is 0 Å². The summed E-state index contributed by atoms with van der Waals surface area (Å²) in [6.45, 7) is 2.06. The van der Waals surface area contributed by atoms with Crippen molar-refractivity contribution in [3.8, 4) is 5.75 Å². The normalized spacial score (nSPS) is 17.2. The van der Waals surface area contributed by atoms with Gasteiger partial charge in [-0.05, 0) is 38.1 Å². The molecule has 2 N–H and O–H groups in total. The predicted octanol–water partition coefficient (Wildman–Crippen LogP) is 1.53. The highest BCUT2D eigenvalue weighted by molar-refractivity contribution is 5.95. The average molecular weight is 264 g/mol. The topological polar surface area (TPSA) is 64.8 Å². The third-order valence-electron chi connectivity index (χ3n) is 3.40. The molecular weight excluding hydrogens is 244 g/mol. The molecule has 19 heavy (non-hydrogen) atoms. The van der Waals surface area contributed by atoms with Gasteiger partial charge >= 0.3 is 5.97 Å². The number of methoxy groups -OCH3 is 1. The second-order valence-electron chi connectivity index (χ2n) is 4.86. The zero-order chi connectivity index (χ0) is 13.8. The number of carbonyl (C=O) groups excluding carboxylic acids is 1. The van der Waals surface area contributed by atoms with Crippen LogP contribution in [0.2, 0.25) is 0 Å². The quantitative estimate of drug-likeness (QED) is 0.662. The number of anilines is 1. The monoisotopic (exact) mass is 264 g/mol. The van der Waals surface area contributed by atoms with Crippen molar-refractivity contribution >= 4 is 11.7 Å². The molecule has 1 aliphatic heterocycles. The van der Waals surface area contributed by atoms with Gasteiger partial charge in [0, 0.05) is 18.8 Å². The number of nitrogen functional groups attached to an aromatic ring is 1. The van der Waals surface area contributed by atoms with Crippen molar-refractivity contribution in [2.75, 3.05) is 33.0 Å². The van der Waals surface area contributed by atoms with E-state index in [0.717, 1.165) is 25.9 Å². The van der Waals surface area contributed by atoms with E-state index in [4.69, 9.17) is 15.2 Å². The Bertz CT molecular complexity index is 454. The van der Waals surface area contributed by atoms with Crippen LogP contribution in [0.1, 0.15) is 23.2 Å². The van der Waals surface area contributed by atoms with E-state index in [2.05, 4.69) is 11.9 Å². The molecule has 5 nitrogen and oxygen atoms in total. The number of nitrogens with two attached hydrogens (primary N) is 1. The van der Waals surface area contributed by atoms with Crippen molar-refractivity contribution in [3.63, 3.8) is 0 Å². The lowest BCUT2D eigenvalue weighted by Crippen LogP contribution is -2.35. The van der Waals surface area contributed by atoms with E-state index in [9.17, 15) is 4.79 Å². The number of benzene rings is 1. The molecule has 0 amide bonds. The number of carbonyl (C=O) groups is 1. The van der Waals surface area contributed by atoms with Gasteiger partial charge in [0.05, 0.1) is 12.7 Å². The summed E-state index contributed by atoms with van der Waals surface area (Å²) in [5, 5.41) is 0. The van der Waals surface area contributed by atoms with Crippen LogP contribution in [0.3, 0.4) is 0 Å². The maximum Gasteiger partial charge on any atom is 0.340 e. The third kappa shape index (κ3) is 3.38. The number of ether oxygens (including phenoxy) is 2. The van der Waals surface area contributed by atoms with Gasteiger partial charge in [0.1, 0.15) is 11.9 Å². The highest BCUT2D eigenvalue weighted by Gasteiger charge is 2.19. The molecule has 2 rings (SSSR count). The second-order valence-corrected chi connectivity index (χ2v) is 4.86. The summed E-state index contributed by atoms with van der Waals surface area (Å²) in [5.74, 6) is 0.232. The number of piperidine rings is 1. The SMILES string of the molecule is COC(=O)c1cc(OC2CCN(C)CC2)ccc1N. The molecule has 0 spiro atoms. The molecule has 0 saturated carbocycles. The van der Waals surface area contributed by atoms with Gasteiger partial charge in [0.25, 0.3) is 0 Å². The number of hydrogen-bond donors (Lipinski definition) is 1. The van der Waals surface area contributed by atoms with Crippen LogP contribution in [0.15, 0.2) is 18.2 Å². The first-order chi connectivity index (χ1) is 9.10. The number of esters is 1. The summed E-state index contributed by atoms with van der Waals surface area (Å²) in [5.41, 5.74) is 6.51. The molecule has 0 bridgehead atoms. The summed E-state index contributed by atoms with van der Waals surface area (Å²) in [6, 6.07) is 5.12. The molecule has 104 valence electrons. The molecule has 1 heterocycles. The number of hydrogen-bond acceptors (Lipinski definition) is 5. The Hall–Kier alpha value is -1.75. The average Bonchev–Trinajstić information content (AvgIpc) is 2.42. The van der Waals surface area contributed by atoms with Crippen molar-refractivity contribution in [1.82, 2.24) is 4.90 Å². The molecule has 0 radical (unpaired) electrons. The Morgan fingerprint density at radius 3 is 2.68 bits per heavy atom. The Balaban J connectivity index is 2.06. The molecule has 5 heteroatoms. The van der Waals surface area contributed by atoms with Crippen LogP contribution in [-0.4, -0.2) is 44.2 Å². The van der Waals surface area contributed by atoms with Gasteiger partial charge in [-0.2, -0.15) is 0 Å². The van der Waals surface area contributed by atoms with Crippen LogP contribution >= 0.6 is 0 Å². The maximum atomic E-state index is 11.6. The molecule has 1 fully saturated rings. The molecule has 0 aromatic heterocycles. The predicted molar refractivity (Wildman–Crippen MR) is 73.3 cm³/mol. The molecule has 1 aromatic rings. The van der Waals surface area contributed by atoms with Gasteiger partial charge in [-0.3, -0.25) is 0 Å². The Morgan fingerprint density at radius 2 is 2.05 bits per heavy atom. The second kappa shape index (κ2) is 5.93. The van der Waals surface area contributed by atoms with Crippen molar-refractivity contribution in [2.24, 2.45) is 0 Å². The smallest absolute Gasteiger partial charge is 0.340 e. The summed E-state index contributed by atoms with van der Waals surface area (Å²) in [6.07, 6.45) is 2.19. The van der Waals surface area contributed by atoms with Gasteiger partial charge in [0.2, 0.25) is 0 Å². The van der Waals surface area contributed by atoms with Gasteiger partial charge < -0.3 is 20.1 Å². The van der Waals surface area contributed by atoms with E-state index >= 15 is 0 Å². The first kappa shape index (κ1) is 13.7. The molecular formula is C14H20N2O3. The van der Waals surface area contributed by atoms with Crippen molar-refractivity contribution < 1.29 is 14.3 Å². The zero-order valence-corrected chi connectivity index (χ0v) is 11.4. The summed E-state index contributed by atoms with van der Waals surface area (Å²) < 4.78 is 10.6. The van der Waals surface area contributed by atoms with Crippen LogP contribution in [0.5, 0.6) is 5.75 Å². The van der Waals surface area contributed by atoms with Gasteiger partial charge in [0.15, 0.2) is 0 Å². The van der Waals surface area contributed by atoms with Gasteiger partial charge in [-0.25, -0.2) is 4.79 Å². The third-order valence-corrected chi connectivity index (χ3v) is 3.40. The molecule has 0 aliphatic carbocycles. The first-order valence-corrected chi connectivity index (χ1v) is 6.43. The maximum absolute atomic E-state index is 11.6. The molecule has 0 unspecified atom stereocenters. The summed E-state index contributed by atoms with van der Waals surface area (Å²) >= 11 is 0. The van der Waals surface area contributed by atoms with Crippen LogP contribution < -0.4 is 10.5 Å². The minimum Gasteiger partial charge on any atom is -0.490 e. The Labute approximate surface area is 113 Å². The highest BCUT2D eigenvalue weighted by Crippen LogP contribution is 2.23. The number of likely N-dealkylation sites (tertiary alicyclic amines) is 1. The van der Waals surface area contributed by atoms with Gasteiger partial charge in [-0.1, -0.05) is 0 Å². The van der Waals surface area contributed by atoms with Gasteiger partial charge in [-0.15, -0.1) is 0 Å². The van der Waals surface area contributed by atoms with Crippen molar-refractivity contribution in [2.45, 2.75) is 18.9 Å². The Kier molecular flexibility index (Phi) is 4.27. The Morgan fingerprint density at radius 1 is 1.37 bits per heavy atom. The molecule has 1 saturated heterocycles. The van der Waals surface area contributed by atoms with Crippen molar-refractivity contribution in [3.05, 3.63) is 23.8 Å². The largest absolute Gasteiger partial charge is 0.490 e. The minimum atomic E-state index is -0.439. The molecule has 1 aliphatic rings. The lowest BCUT2D eigenvalue weighted by atomic mass is 10.1. The fourth-order valence-electron chi connectivity index (χ4n) is 2.19. The lowest BCUT2D eigenvalue weighted by molar-refractivity contribution is 0.0600. The first-order valence-electron chi connectivity index (χ1n) is 6.43. The van der Waals surface area contributed by atoms with E-state index < -0.39 is 5.97 Å². The fourth-order valence-corrected chi connectivity index (χ4v) is 2.19. The minimum absolute atomic E-state index is 0.199. The zero-order valence-electron chi connectivity index (χ0n) is 11.4. The van der Waals surface area contributed by atoms with Crippen LogP contribution in [-0.2, 0) is 4.74 Å². The highest BCUT2D eigenvalue weighted by atomic mass is 16.5. The lowest BCUT2D eigenvalue weighted by Gasteiger charge is -2.29. The molecule has 1 aromatic carbocycles. The number of nitrogens with zero attached hydrogens (tertiary/aromatic N) is 1.